The van der Waals surface area contributed by atoms with Gasteiger partial charge in [-0.15, -0.1) is 13.2 Å². The smallest absolute Gasteiger partial charge is 0.406 e. The number of nitrogens with one attached hydrogen (secondary N) is 1. The van der Waals surface area contributed by atoms with Gasteiger partial charge in [0.25, 0.3) is 0 Å². The quantitative estimate of drug-likeness (QED) is 0.720. The van der Waals surface area contributed by atoms with Gasteiger partial charge in [-0.2, -0.15) is 0 Å². The van der Waals surface area contributed by atoms with E-state index in [0.29, 0.717) is 18.7 Å². The monoisotopic (exact) mass is 332 g/mol. The van der Waals surface area contributed by atoms with E-state index < -0.39 is 6.36 Å². The van der Waals surface area contributed by atoms with Crippen molar-refractivity contribution in [1.82, 2.24) is 0 Å². The minimum absolute atomic E-state index is 0.0913. The van der Waals surface area contributed by atoms with Crippen molar-refractivity contribution in [2.45, 2.75) is 39.5 Å². The molecule has 0 heterocycles. The van der Waals surface area contributed by atoms with Crippen LogP contribution < -0.4 is 15.8 Å². The lowest BCUT2D eigenvalue weighted by atomic mass is 9.86. The van der Waals surface area contributed by atoms with Crippen LogP contribution in [-0.2, 0) is 4.79 Å². The van der Waals surface area contributed by atoms with Gasteiger partial charge < -0.3 is 15.8 Å². The zero-order valence-corrected chi connectivity index (χ0v) is 13.3. The van der Waals surface area contributed by atoms with Gasteiger partial charge in [-0.1, -0.05) is 20.3 Å². The fourth-order valence-electron chi connectivity index (χ4n) is 2.61. The first-order chi connectivity index (χ1) is 10.8. The summed E-state index contributed by atoms with van der Waals surface area (Å²) in [4.78, 5) is 11.5. The topological polar surface area (TPSA) is 64.3 Å². The highest BCUT2D eigenvalue weighted by molar-refractivity contribution is 5.77. The average molecular weight is 332 g/mol. The Morgan fingerprint density at radius 3 is 2.30 bits per heavy atom. The molecule has 0 aliphatic rings. The lowest BCUT2D eigenvalue weighted by Crippen LogP contribution is -2.33. The molecule has 7 heteroatoms. The Morgan fingerprint density at radius 1 is 1.26 bits per heavy atom. The van der Waals surface area contributed by atoms with Crippen molar-refractivity contribution in [3.05, 3.63) is 24.3 Å². The van der Waals surface area contributed by atoms with Gasteiger partial charge in [-0.25, -0.2) is 0 Å². The molecule has 0 radical (unpaired) electrons. The Morgan fingerprint density at radius 2 is 1.87 bits per heavy atom. The number of carbonyl (C=O) groups excluding carboxylic acids is 1. The predicted octanol–water partition coefficient (Wildman–Crippen LogP) is 3.92. The van der Waals surface area contributed by atoms with E-state index in [4.69, 9.17) is 5.73 Å². The van der Waals surface area contributed by atoms with E-state index in [1.54, 1.807) is 0 Å². The third-order valence-corrected chi connectivity index (χ3v) is 3.69. The molecule has 2 atom stereocenters. The first-order valence-electron chi connectivity index (χ1n) is 7.65. The van der Waals surface area contributed by atoms with Crippen LogP contribution in [0.3, 0.4) is 0 Å². The molecule has 130 valence electrons. The maximum absolute atomic E-state index is 12.1. The van der Waals surface area contributed by atoms with Crippen molar-refractivity contribution >= 4 is 11.6 Å². The highest BCUT2D eigenvalue weighted by Crippen LogP contribution is 2.25. The number of carbonyl (C=O) groups is 1. The first-order valence-corrected chi connectivity index (χ1v) is 7.65. The van der Waals surface area contributed by atoms with Crippen LogP contribution in [0.25, 0.3) is 0 Å². The molecule has 0 bridgehead atoms. The van der Waals surface area contributed by atoms with E-state index >= 15 is 0 Å². The number of primary amides is 1. The van der Waals surface area contributed by atoms with E-state index in [2.05, 4.69) is 10.1 Å². The summed E-state index contributed by atoms with van der Waals surface area (Å²) in [5.41, 5.74) is 6.10. The molecule has 0 aromatic heterocycles. The molecule has 1 aromatic rings. The molecule has 23 heavy (non-hydrogen) atoms. The van der Waals surface area contributed by atoms with Crippen molar-refractivity contribution in [2.24, 2.45) is 17.6 Å². The van der Waals surface area contributed by atoms with Crippen LogP contribution in [0.2, 0.25) is 0 Å². The minimum atomic E-state index is -4.70. The van der Waals surface area contributed by atoms with E-state index in [1.807, 2.05) is 13.8 Å². The summed E-state index contributed by atoms with van der Waals surface area (Å²) in [7, 11) is 0. The Bertz CT molecular complexity index is 489. The van der Waals surface area contributed by atoms with Gasteiger partial charge in [-0.05, 0) is 43.0 Å². The van der Waals surface area contributed by atoms with Crippen molar-refractivity contribution in [3.63, 3.8) is 0 Å². The molecule has 0 aliphatic heterocycles. The Kier molecular flexibility index (Phi) is 7.19. The van der Waals surface area contributed by atoms with Crippen LogP contribution in [0.15, 0.2) is 24.3 Å². The molecular weight excluding hydrogens is 309 g/mol. The number of ether oxygens (including phenoxy) is 1. The summed E-state index contributed by atoms with van der Waals surface area (Å²) in [6.45, 7) is 4.49. The molecule has 3 N–H and O–H groups in total. The lowest BCUT2D eigenvalue weighted by molar-refractivity contribution is -0.274. The van der Waals surface area contributed by atoms with Crippen LogP contribution in [0, 0.1) is 11.8 Å². The summed E-state index contributed by atoms with van der Waals surface area (Å²) in [5.74, 6) is -0.706. The van der Waals surface area contributed by atoms with Crippen molar-refractivity contribution in [3.8, 4) is 5.75 Å². The fraction of sp³-hybridized carbons (Fsp3) is 0.562. The predicted molar refractivity (Wildman–Crippen MR) is 83.0 cm³/mol. The second-order valence-corrected chi connectivity index (χ2v) is 5.42. The molecule has 1 amide bonds. The van der Waals surface area contributed by atoms with Crippen LogP contribution in [0.5, 0.6) is 5.75 Å². The van der Waals surface area contributed by atoms with E-state index in [1.165, 1.54) is 24.3 Å². The molecule has 0 saturated carbocycles. The standard InChI is InChI=1S/C16H23F3N2O2/c1-3-5-11(14(4-2)15(20)22)10-21-12-6-8-13(9-7-12)23-16(17,18)19/h6-9,11,14,21H,3-5,10H2,1-2H3,(H2,20,22)/t11-,14?/m1/s1. The SMILES string of the molecule is CCC[C@H](CNc1ccc(OC(F)(F)F)cc1)C(CC)C(N)=O. The summed E-state index contributed by atoms with van der Waals surface area (Å²) in [5, 5.41) is 3.14. The van der Waals surface area contributed by atoms with E-state index in [9.17, 15) is 18.0 Å². The molecule has 0 aliphatic carbocycles. The molecule has 0 spiro atoms. The van der Waals surface area contributed by atoms with Gasteiger partial charge in [-0.3, -0.25) is 4.79 Å². The normalized spacial score (nSPS) is 14.1. The molecule has 1 rings (SSSR count). The van der Waals surface area contributed by atoms with Gasteiger partial charge >= 0.3 is 6.36 Å². The molecule has 0 fully saturated rings. The number of hydrogen-bond donors (Lipinski definition) is 2. The zero-order chi connectivity index (χ0) is 17.5. The fourth-order valence-corrected chi connectivity index (χ4v) is 2.61. The van der Waals surface area contributed by atoms with E-state index in [0.717, 1.165) is 12.8 Å². The lowest BCUT2D eigenvalue weighted by Gasteiger charge is -2.24. The highest BCUT2D eigenvalue weighted by Gasteiger charge is 2.31. The van der Waals surface area contributed by atoms with Gasteiger partial charge in [0.2, 0.25) is 5.91 Å². The second-order valence-electron chi connectivity index (χ2n) is 5.42. The van der Waals surface area contributed by atoms with E-state index in [-0.39, 0.29) is 23.5 Å². The number of amides is 1. The maximum Gasteiger partial charge on any atom is 0.573 e. The summed E-state index contributed by atoms with van der Waals surface area (Å²) in [6.07, 6.45) is -2.25. The van der Waals surface area contributed by atoms with Crippen molar-refractivity contribution in [2.75, 3.05) is 11.9 Å². The summed E-state index contributed by atoms with van der Waals surface area (Å²) < 4.78 is 40.1. The number of rotatable bonds is 9. The van der Waals surface area contributed by atoms with Crippen LogP contribution in [0.1, 0.15) is 33.1 Å². The number of benzene rings is 1. The number of halogens is 3. The van der Waals surface area contributed by atoms with Crippen LogP contribution >= 0.6 is 0 Å². The zero-order valence-electron chi connectivity index (χ0n) is 13.3. The Labute approximate surface area is 134 Å². The van der Waals surface area contributed by atoms with Gasteiger partial charge in [0.1, 0.15) is 5.75 Å². The van der Waals surface area contributed by atoms with Crippen molar-refractivity contribution in [1.29, 1.82) is 0 Å². The second kappa shape index (κ2) is 8.64. The maximum atomic E-state index is 12.1. The molecule has 4 nitrogen and oxygen atoms in total. The number of alkyl halides is 3. The van der Waals surface area contributed by atoms with Crippen LogP contribution in [-0.4, -0.2) is 18.8 Å². The third-order valence-electron chi connectivity index (χ3n) is 3.69. The largest absolute Gasteiger partial charge is 0.573 e. The van der Waals surface area contributed by atoms with Gasteiger partial charge in [0.05, 0.1) is 0 Å². The van der Waals surface area contributed by atoms with Gasteiger partial charge in [0, 0.05) is 18.2 Å². The molecule has 1 unspecified atom stereocenters. The van der Waals surface area contributed by atoms with Gasteiger partial charge in [0.15, 0.2) is 0 Å². The molecule has 1 aromatic carbocycles. The number of hydrogen-bond acceptors (Lipinski definition) is 3. The summed E-state index contributed by atoms with van der Waals surface area (Å²) in [6, 6.07) is 5.51. The molecular formula is C16H23F3N2O2. The highest BCUT2D eigenvalue weighted by atomic mass is 19.4. The minimum Gasteiger partial charge on any atom is -0.406 e. The van der Waals surface area contributed by atoms with Crippen molar-refractivity contribution < 1.29 is 22.7 Å². The Hall–Kier alpha value is -1.92. The molecule has 0 saturated heterocycles. The third kappa shape index (κ3) is 6.80. The average Bonchev–Trinajstić information content (AvgIpc) is 2.45. The Balaban J connectivity index is 2.65. The summed E-state index contributed by atoms with van der Waals surface area (Å²) >= 11 is 0. The first kappa shape index (κ1) is 19.1. The number of anilines is 1. The number of nitrogens with two attached hydrogens (primary N) is 1. The van der Waals surface area contributed by atoms with Crippen LogP contribution in [0.4, 0.5) is 18.9 Å².